The van der Waals surface area contributed by atoms with E-state index < -0.39 is 21.3 Å². The van der Waals surface area contributed by atoms with Crippen molar-refractivity contribution in [1.29, 1.82) is 0 Å². The molecule has 2 aliphatic carbocycles. The maximum absolute atomic E-state index is 2.71. The SMILES string of the molecule is CC1=C(C)[C](C)([Zr+2](=[C](c2ccccc2)c2ccccc2)[C]2(C)C(C)=C(C)C(C)=C2C)C(C)=C1C.[Cl-].[Cl-]. The van der Waals surface area contributed by atoms with Crippen molar-refractivity contribution in [3.63, 3.8) is 0 Å². The summed E-state index contributed by atoms with van der Waals surface area (Å²) in [5.41, 5.74) is 15.3. The van der Waals surface area contributed by atoms with Gasteiger partial charge in [0.2, 0.25) is 0 Å². The van der Waals surface area contributed by atoms with Crippen LogP contribution in [0.1, 0.15) is 80.4 Å². The molecule has 0 nitrogen and oxygen atoms in total. The summed E-state index contributed by atoms with van der Waals surface area (Å²) in [6.07, 6.45) is 0. The zero-order valence-electron chi connectivity index (χ0n) is 23.5. The summed E-state index contributed by atoms with van der Waals surface area (Å²) in [5.74, 6) is 0. The van der Waals surface area contributed by atoms with Crippen molar-refractivity contribution in [3.05, 3.63) is 116 Å². The van der Waals surface area contributed by atoms with Crippen molar-refractivity contribution in [2.24, 2.45) is 0 Å². The molecule has 36 heavy (non-hydrogen) atoms. The molecular formula is C33H40Cl2Zr. The van der Waals surface area contributed by atoms with Crippen molar-refractivity contribution in [3.8, 4) is 0 Å². The van der Waals surface area contributed by atoms with Crippen LogP contribution in [0.2, 0.25) is 6.25 Å². The zero-order valence-corrected chi connectivity index (χ0v) is 27.5. The van der Waals surface area contributed by atoms with Crippen LogP contribution in [0.4, 0.5) is 0 Å². The topological polar surface area (TPSA) is 0 Å². The first-order valence-corrected chi connectivity index (χ1v) is 16.3. The van der Waals surface area contributed by atoms with E-state index >= 15 is 0 Å². The number of hydrogen-bond acceptors (Lipinski definition) is 0. The molecule has 0 fully saturated rings. The van der Waals surface area contributed by atoms with Gasteiger partial charge in [0.15, 0.2) is 0 Å². The minimum absolute atomic E-state index is 0. The third-order valence-corrected chi connectivity index (χ3v) is 21.0. The van der Waals surface area contributed by atoms with E-state index in [-0.39, 0.29) is 31.1 Å². The smallest absolute Gasteiger partial charge is 1.00 e. The predicted molar refractivity (Wildman–Crippen MR) is 146 cm³/mol. The van der Waals surface area contributed by atoms with Crippen LogP contribution in [0, 0.1) is 0 Å². The quantitative estimate of drug-likeness (QED) is 0.505. The first-order valence-electron chi connectivity index (χ1n) is 12.6. The molecule has 2 aromatic rings. The molecule has 0 N–H and O–H groups in total. The van der Waals surface area contributed by atoms with Gasteiger partial charge >= 0.3 is 216 Å². The molecule has 0 aliphatic heterocycles. The predicted octanol–water partition coefficient (Wildman–Crippen LogP) is 3.61. The van der Waals surface area contributed by atoms with E-state index in [0.717, 1.165) is 0 Å². The zero-order chi connectivity index (χ0) is 25.0. The molecule has 190 valence electrons. The van der Waals surface area contributed by atoms with Gasteiger partial charge in [-0.15, -0.1) is 0 Å². The fourth-order valence-electron chi connectivity index (χ4n) is 6.60. The van der Waals surface area contributed by atoms with Gasteiger partial charge < -0.3 is 24.8 Å². The van der Waals surface area contributed by atoms with E-state index in [4.69, 9.17) is 0 Å². The van der Waals surface area contributed by atoms with Gasteiger partial charge in [-0.1, -0.05) is 0 Å². The third-order valence-electron chi connectivity index (χ3n) is 9.75. The Kier molecular flexibility index (Phi) is 9.66. The number of rotatable bonds is 4. The van der Waals surface area contributed by atoms with Gasteiger partial charge in [0.05, 0.1) is 0 Å². The van der Waals surface area contributed by atoms with Crippen LogP contribution in [-0.2, 0) is 21.3 Å². The maximum atomic E-state index is 2.60. The molecule has 0 radical (unpaired) electrons. The second-order valence-electron chi connectivity index (χ2n) is 10.7. The van der Waals surface area contributed by atoms with Gasteiger partial charge in [-0.3, -0.25) is 0 Å². The van der Waals surface area contributed by atoms with Gasteiger partial charge in [-0.2, -0.15) is 0 Å². The normalized spacial score (nSPS) is 18.1. The summed E-state index contributed by atoms with van der Waals surface area (Å²) in [7, 11) is 0. The van der Waals surface area contributed by atoms with Gasteiger partial charge in [0.1, 0.15) is 0 Å². The average molecular weight is 599 g/mol. The van der Waals surface area contributed by atoms with Gasteiger partial charge in [-0.05, 0) is 0 Å². The molecule has 0 amide bonds. The largest absolute Gasteiger partial charge is 1.00 e. The maximum Gasteiger partial charge on any atom is -1.00 e. The minimum Gasteiger partial charge on any atom is -1.00 e. The second-order valence-corrected chi connectivity index (χ2v) is 18.7. The Morgan fingerprint density at radius 2 is 0.722 bits per heavy atom. The Hall–Kier alpha value is -1.27. The Labute approximate surface area is 239 Å². The number of benzene rings is 2. The Balaban J connectivity index is 0.00000228. The molecular weight excluding hydrogens is 558 g/mol. The fourth-order valence-corrected chi connectivity index (χ4v) is 19.3. The summed E-state index contributed by atoms with van der Waals surface area (Å²) >= 11 is -2.71. The minimum atomic E-state index is -2.71. The number of halogens is 2. The summed E-state index contributed by atoms with van der Waals surface area (Å²) < 4.78 is 1.87. The van der Waals surface area contributed by atoms with E-state index in [1.807, 2.05) is 0 Å². The van der Waals surface area contributed by atoms with E-state index in [1.54, 1.807) is 25.5 Å². The summed E-state index contributed by atoms with van der Waals surface area (Å²) in [4.78, 5) is 0. The molecule has 2 aliphatic rings. The average Bonchev–Trinajstić information content (AvgIpc) is 3.10. The first-order chi connectivity index (χ1) is 16.0. The molecule has 0 atom stereocenters. The third kappa shape index (κ3) is 4.38. The summed E-state index contributed by atoms with van der Waals surface area (Å²) in [6.45, 7) is 24.3. The monoisotopic (exact) mass is 596 g/mol. The van der Waals surface area contributed by atoms with Crippen LogP contribution in [0.25, 0.3) is 0 Å². The number of hydrogen-bond donors (Lipinski definition) is 0. The molecule has 0 saturated carbocycles. The summed E-state index contributed by atoms with van der Waals surface area (Å²) in [5, 5.41) is 0. The van der Waals surface area contributed by atoms with Crippen LogP contribution >= 0.6 is 0 Å². The van der Waals surface area contributed by atoms with Gasteiger partial charge in [-0.25, -0.2) is 0 Å². The second kappa shape index (κ2) is 11.2. The first kappa shape index (κ1) is 31.0. The Morgan fingerprint density at radius 1 is 0.472 bits per heavy atom. The standard InChI is InChI=1S/C13H10.2C10H15.2ClH.Zr/c1-3-7-12(8-4-1)11-13-9-5-2-6-10-13;2*1-6-7(2)9(4)10(5)8(6)3;;;/h1-10H;2*1-5H3;2*1H;/q;;;;;+2/p-2. The van der Waals surface area contributed by atoms with E-state index in [2.05, 4.69) is 130 Å². The molecule has 0 aromatic heterocycles. The molecule has 0 heterocycles. The van der Waals surface area contributed by atoms with Crippen molar-refractivity contribution < 1.29 is 46.1 Å². The van der Waals surface area contributed by atoms with Crippen LogP contribution in [0.15, 0.2) is 105 Å². The van der Waals surface area contributed by atoms with Crippen molar-refractivity contribution in [1.82, 2.24) is 0 Å². The molecule has 4 rings (SSSR count). The number of allylic oxidation sites excluding steroid dienone is 8. The molecule has 3 heteroatoms. The van der Waals surface area contributed by atoms with Crippen molar-refractivity contribution in [2.75, 3.05) is 0 Å². The molecule has 2 aromatic carbocycles. The Bertz CT molecular complexity index is 1170. The molecule has 0 spiro atoms. The van der Waals surface area contributed by atoms with Crippen molar-refractivity contribution >= 4 is 3.21 Å². The van der Waals surface area contributed by atoms with E-state index in [1.165, 1.54) is 33.4 Å². The molecule has 0 bridgehead atoms. The fraction of sp³-hybridized carbons (Fsp3) is 0.364. The van der Waals surface area contributed by atoms with Crippen LogP contribution < -0.4 is 24.8 Å². The molecule has 0 saturated heterocycles. The summed E-state index contributed by atoms with van der Waals surface area (Å²) in [6, 6.07) is 22.6. The van der Waals surface area contributed by atoms with Gasteiger partial charge in [0, 0.05) is 0 Å². The van der Waals surface area contributed by atoms with Gasteiger partial charge in [0.25, 0.3) is 0 Å². The van der Waals surface area contributed by atoms with Crippen LogP contribution in [0.5, 0.6) is 0 Å². The van der Waals surface area contributed by atoms with E-state index in [9.17, 15) is 0 Å². The van der Waals surface area contributed by atoms with Crippen LogP contribution in [0.3, 0.4) is 0 Å². The molecule has 0 unspecified atom stereocenters. The van der Waals surface area contributed by atoms with Crippen LogP contribution in [-0.4, -0.2) is 3.21 Å². The van der Waals surface area contributed by atoms with Crippen molar-refractivity contribution in [2.45, 2.75) is 75.5 Å². The Morgan fingerprint density at radius 3 is 0.972 bits per heavy atom. The van der Waals surface area contributed by atoms with E-state index in [0.29, 0.717) is 0 Å².